The van der Waals surface area contributed by atoms with Crippen molar-refractivity contribution in [2.24, 2.45) is 0 Å². The summed E-state index contributed by atoms with van der Waals surface area (Å²) in [6, 6.07) is 2.23. The zero-order valence-electron chi connectivity index (χ0n) is 12.7. The van der Waals surface area contributed by atoms with Gasteiger partial charge in [-0.2, -0.15) is 5.10 Å². The normalized spacial score (nSPS) is 11.7. The second-order valence-corrected chi connectivity index (χ2v) is 6.96. The molecule has 0 spiro atoms. The van der Waals surface area contributed by atoms with Crippen LogP contribution in [-0.4, -0.2) is 29.3 Å². The number of aryl methyl sites for hydroxylation is 1. The molecule has 1 aromatic heterocycles. The molecule has 1 heterocycles. The summed E-state index contributed by atoms with van der Waals surface area (Å²) in [5, 5.41) is 13.1. The quantitative estimate of drug-likeness (QED) is 0.869. The number of hydrogen-bond donors (Lipinski definition) is 2. The first-order valence-corrected chi connectivity index (χ1v) is 8.21. The molecule has 2 aromatic rings. The first-order chi connectivity index (χ1) is 10.6. The smallest absolute Gasteiger partial charge is 0.338 e. The van der Waals surface area contributed by atoms with E-state index in [9.17, 15) is 22.7 Å². The fraction of sp³-hybridized carbons (Fsp3) is 0.286. The summed E-state index contributed by atoms with van der Waals surface area (Å²) in [4.78, 5) is 11.1. The third-order valence-corrected chi connectivity index (χ3v) is 4.53. The average Bonchev–Trinajstić information content (AvgIpc) is 2.93. The number of carboxylic acid groups (broad SMARTS) is 1. The SMILES string of the molecule is Cc1ccc(F)c(NS(=O)(=O)c2cnn(C(C)C)c2)c1C(=O)O. The first kappa shape index (κ1) is 16.9. The van der Waals surface area contributed by atoms with Crippen LogP contribution in [0.4, 0.5) is 10.1 Å². The highest BCUT2D eigenvalue weighted by molar-refractivity contribution is 7.92. The third kappa shape index (κ3) is 3.34. The molecule has 1 aromatic carbocycles. The summed E-state index contributed by atoms with van der Waals surface area (Å²) < 4.78 is 42.1. The van der Waals surface area contributed by atoms with Gasteiger partial charge in [0.15, 0.2) is 0 Å². The highest BCUT2D eigenvalue weighted by Crippen LogP contribution is 2.26. The van der Waals surface area contributed by atoms with Gasteiger partial charge in [0, 0.05) is 12.2 Å². The van der Waals surface area contributed by atoms with Crippen molar-refractivity contribution in [2.45, 2.75) is 31.7 Å². The number of benzene rings is 1. The lowest BCUT2D eigenvalue weighted by Crippen LogP contribution is -2.17. The van der Waals surface area contributed by atoms with Gasteiger partial charge < -0.3 is 5.11 Å². The number of anilines is 1. The van der Waals surface area contributed by atoms with Crippen LogP contribution < -0.4 is 4.72 Å². The predicted octanol–water partition coefficient (Wildman–Crippen LogP) is 2.41. The Balaban J connectivity index is 2.49. The van der Waals surface area contributed by atoms with Crippen molar-refractivity contribution in [3.63, 3.8) is 0 Å². The van der Waals surface area contributed by atoms with E-state index in [1.165, 1.54) is 23.9 Å². The van der Waals surface area contributed by atoms with E-state index in [0.717, 1.165) is 12.3 Å². The lowest BCUT2D eigenvalue weighted by Gasteiger charge is -2.12. The van der Waals surface area contributed by atoms with Crippen LogP contribution in [0.25, 0.3) is 0 Å². The lowest BCUT2D eigenvalue weighted by molar-refractivity contribution is 0.0697. The molecule has 0 bridgehead atoms. The number of rotatable bonds is 5. The Morgan fingerprint density at radius 3 is 2.57 bits per heavy atom. The molecule has 0 saturated heterocycles. The summed E-state index contributed by atoms with van der Waals surface area (Å²) in [5.41, 5.74) is -0.769. The van der Waals surface area contributed by atoms with Crippen LogP contribution in [0.5, 0.6) is 0 Å². The maximum Gasteiger partial charge on any atom is 0.338 e. The van der Waals surface area contributed by atoms with E-state index in [-0.39, 0.29) is 16.5 Å². The Bertz CT molecular complexity index is 859. The van der Waals surface area contributed by atoms with Gasteiger partial charge in [-0.3, -0.25) is 9.40 Å². The predicted molar refractivity (Wildman–Crippen MR) is 81.5 cm³/mol. The molecule has 0 saturated carbocycles. The molecule has 0 unspecified atom stereocenters. The van der Waals surface area contributed by atoms with Gasteiger partial charge in [0.05, 0.1) is 17.4 Å². The minimum atomic E-state index is -4.16. The van der Waals surface area contributed by atoms with Crippen molar-refractivity contribution < 1.29 is 22.7 Å². The van der Waals surface area contributed by atoms with E-state index in [1.807, 2.05) is 18.6 Å². The highest BCUT2D eigenvalue weighted by Gasteiger charge is 2.24. The van der Waals surface area contributed by atoms with Gasteiger partial charge in [0.1, 0.15) is 10.7 Å². The average molecular weight is 341 g/mol. The minimum Gasteiger partial charge on any atom is -0.478 e. The summed E-state index contributed by atoms with van der Waals surface area (Å²) in [6.07, 6.45) is 2.41. The van der Waals surface area contributed by atoms with Gasteiger partial charge in [0.2, 0.25) is 0 Å². The number of aromatic carboxylic acids is 1. The molecule has 0 aliphatic heterocycles. The van der Waals surface area contributed by atoms with Crippen molar-refractivity contribution in [3.05, 3.63) is 41.5 Å². The Morgan fingerprint density at radius 2 is 2.04 bits per heavy atom. The Kier molecular flexibility index (Phi) is 4.42. The van der Waals surface area contributed by atoms with E-state index >= 15 is 0 Å². The molecule has 9 heteroatoms. The van der Waals surface area contributed by atoms with Crippen molar-refractivity contribution in [1.82, 2.24) is 9.78 Å². The molecule has 0 aliphatic rings. The fourth-order valence-corrected chi connectivity index (χ4v) is 3.01. The number of nitrogens with one attached hydrogen (secondary N) is 1. The van der Waals surface area contributed by atoms with Gasteiger partial charge in [-0.15, -0.1) is 0 Å². The summed E-state index contributed by atoms with van der Waals surface area (Å²) in [7, 11) is -4.16. The van der Waals surface area contributed by atoms with Crippen molar-refractivity contribution in [2.75, 3.05) is 4.72 Å². The van der Waals surface area contributed by atoms with Gasteiger partial charge in [-0.1, -0.05) is 6.07 Å². The zero-order valence-corrected chi connectivity index (χ0v) is 13.6. The third-order valence-electron chi connectivity index (χ3n) is 3.23. The summed E-state index contributed by atoms with van der Waals surface area (Å²) >= 11 is 0. The summed E-state index contributed by atoms with van der Waals surface area (Å²) in [6.45, 7) is 5.09. The Hall–Kier alpha value is -2.42. The van der Waals surface area contributed by atoms with E-state index < -0.39 is 33.1 Å². The fourth-order valence-electron chi connectivity index (χ4n) is 1.99. The van der Waals surface area contributed by atoms with Crippen molar-refractivity contribution in [3.8, 4) is 0 Å². The standard InChI is InChI=1S/C14H16FN3O4S/c1-8(2)18-7-10(6-16-18)23(21,22)17-13-11(15)5-4-9(3)12(13)14(19)20/h4-8,17H,1-3H3,(H,19,20). The molecular weight excluding hydrogens is 325 g/mol. The van der Waals surface area contributed by atoms with Gasteiger partial charge >= 0.3 is 5.97 Å². The molecule has 23 heavy (non-hydrogen) atoms. The lowest BCUT2D eigenvalue weighted by atomic mass is 10.1. The largest absolute Gasteiger partial charge is 0.478 e. The number of halogens is 1. The number of hydrogen-bond acceptors (Lipinski definition) is 4. The second kappa shape index (κ2) is 5.99. The van der Waals surface area contributed by atoms with E-state index in [2.05, 4.69) is 5.10 Å². The topological polar surface area (TPSA) is 101 Å². The van der Waals surface area contributed by atoms with Crippen LogP contribution in [0.2, 0.25) is 0 Å². The number of aromatic nitrogens is 2. The molecule has 0 radical (unpaired) electrons. The molecular formula is C14H16FN3O4S. The molecule has 0 amide bonds. The van der Waals surface area contributed by atoms with Crippen LogP contribution >= 0.6 is 0 Å². The molecule has 2 N–H and O–H groups in total. The first-order valence-electron chi connectivity index (χ1n) is 6.73. The van der Waals surface area contributed by atoms with Crippen molar-refractivity contribution in [1.29, 1.82) is 0 Å². The van der Waals surface area contributed by atoms with Crippen LogP contribution in [-0.2, 0) is 10.0 Å². The van der Waals surface area contributed by atoms with E-state index in [4.69, 9.17) is 0 Å². The molecule has 0 atom stereocenters. The molecule has 0 fully saturated rings. The number of nitrogens with zero attached hydrogens (tertiary/aromatic N) is 2. The molecule has 2 rings (SSSR count). The number of carbonyl (C=O) groups is 1. The van der Waals surface area contributed by atoms with E-state index in [0.29, 0.717) is 0 Å². The molecule has 7 nitrogen and oxygen atoms in total. The van der Waals surface area contributed by atoms with Crippen LogP contribution in [0.3, 0.4) is 0 Å². The van der Waals surface area contributed by atoms with Gasteiger partial charge in [0.25, 0.3) is 10.0 Å². The van der Waals surface area contributed by atoms with Crippen LogP contribution in [0, 0.1) is 12.7 Å². The van der Waals surface area contributed by atoms with Crippen LogP contribution in [0.15, 0.2) is 29.4 Å². The number of carboxylic acids is 1. The Morgan fingerprint density at radius 1 is 1.39 bits per heavy atom. The minimum absolute atomic E-state index is 0.0516. The summed E-state index contributed by atoms with van der Waals surface area (Å²) in [5.74, 6) is -2.38. The Labute approximate surface area is 132 Å². The highest BCUT2D eigenvalue weighted by atomic mass is 32.2. The van der Waals surface area contributed by atoms with Crippen molar-refractivity contribution >= 4 is 21.7 Å². The maximum absolute atomic E-state index is 14.0. The maximum atomic E-state index is 14.0. The van der Waals surface area contributed by atoms with Crippen LogP contribution in [0.1, 0.15) is 35.8 Å². The van der Waals surface area contributed by atoms with E-state index in [1.54, 1.807) is 0 Å². The number of sulfonamides is 1. The van der Waals surface area contributed by atoms with Gasteiger partial charge in [-0.25, -0.2) is 17.6 Å². The monoisotopic (exact) mass is 341 g/mol. The van der Waals surface area contributed by atoms with Gasteiger partial charge in [-0.05, 0) is 32.4 Å². The molecule has 0 aliphatic carbocycles. The molecule has 124 valence electrons. The zero-order chi connectivity index (χ0) is 17.4. The second-order valence-electron chi connectivity index (χ2n) is 5.27.